The van der Waals surface area contributed by atoms with Gasteiger partial charge in [0, 0.05) is 6.42 Å². The van der Waals surface area contributed by atoms with Gasteiger partial charge in [-0.2, -0.15) is 0 Å². The minimum absolute atomic E-state index is 0.406. The fourth-order valence-corrected chi connectivity index (χ4v) is 1.56. The molecule has 0 spiro atoms. The number of allylic oxidation sites excluding steroid dienone is 1. The number of nitrogens with one attached hydrogen (secondary N) is 1. The van der Waals surface area contributed by atoms with Gasteiger partial charge in [-0.25, -0.2) is 4.79 Å². The number of hydrogen-bond acceptors (Lipinski definition) is 2. The van der Waals surface area contributed by atoms with Gasteiger partial charge in [0.1, 0.15) is 0 Å². The second kappa shape index (κ2) is 4.00. The second-order valence-corrected chi connectivity index (χ2v) is 3.28. The second-order valence-electron chi connectivity index (χ2n) is 3.28. The van der Waals surface area contributed by atoms with Gasteiger partial charge in [-0.3, -0.25) is 0 Å². The molecule has 1 aliphatic heterocycles. The van der Waals surface area contributed by atoms with Crippen LogP contribution in [0.5, 0.6) is 0 Å². The van der Waals surface area contributed by atoms with Crippen molar-refractivity contribution in [3.8, 4) is 0 Å². The SMILES string of the molecule is O=C(O)C1=C(c2ccccc2)NC=CC1. The zero-order valence-electron chi connectivity index (χ0n) is 8.10. The van der Waals surface area contributed by atoms with Crippen LogP contribution < -0.4 is 5.32 Å². The molecule has 1 aliphatic rings. The van der Waals surface area contributed by atoms with E-state index in [9.17, 15) is 4.79 Å². The molecule has 3 heteroatoms. The van der Waals surface area contributed by atoms with Crippen molar-refractivity contribution in [2.45, 2.75) is 6.42 Å². The summed E-state index contributed by atoms with van der Waals surface area (Å²) < 4.78 is 0. The number of carbonyl (C=O) groups is 1. The lowest BCUT2D eigenvalue weighted by Crippen LogP contribution is -2.15. The van der Waals surface area contributed by atoms with Gasteiger partial charge in [0.2, 0.25) is 0 Å². The molecule has 1 aromatic rings. The molecule has 2 rings (SSSR count). The molecule has 0 fully saturated rings. The fraction of sp³-hybridized carbons (Fsp3) is 0.0833. The Morgan fingerprint density at radius 2 is 2.00 bits per heavy atom. The highest BCUT2D eigenvalue weighted by molar-refractivity contribution is 5.96. The molecule has 0 bridgehead atoms. The van der Waals surface area contributed by atoms with Crippen molar-refractivity contribution in [1.29, 1.82) is 0 Å². The standard InChI is InChI=1S/C12H11NO2/c14-12(15)10-7-4-8-13-11(10)9-5-2-1-3-6-9/h1-6,8,13H,7H2,(H,14,15). The van der Waals surface area contributed by atoms with Crippen LogP contribution in [0.25, 0.3) is 5.70 Å². The summed E-state index contributed by atoms with van der Waals surface area (Å²) in [6, 6.07) is 9.47. The van der Waals surface area contributed by atoms with Crippen LogP contribution in [-0.2, 0) is 4.79 Å². The Morgan fingerprint density at radius 1 is 1.27 bits per heavy atom. The van der Waals surface area contributed by atoms with E-state index in [0.717, 1.165) is 5.56 Å². The zero-order valence-corrected chi connectivity index (χ0v) is 8.10. The van der Waals surface area contributed by atoms with Crippen molar-refractivity contribution in [1.82, 2.24) is 5.32 Å². The Kier molecular flexibility index (Phi) is 2.54. The molecule has 0 aliphatic carbocycles. The van der Waals surface area contributed by atoms with E-state index in [4.69, 9.17) is 5.11 Å². The van der Waals surface area contributed by atoms with E-state index < -0.39 is 5.97 Å². The number of hydrogen-bond donors (Lipinski definition) is 2. The van der Waals surface area contributed by atoms with Crippen molar-refractivity contribution in [2.24, 2.45) is 0 Å². The fourth-order valence-electron chi connectivity index (χ4n) is 1.56. The quantitative estimate of drug-likeness (QED) is 0.769. The first-order valence-electron chi connectivity index (χ1n) is 4.72. The van der Waals surface area contributed by atoms with Gasteiger partial charge in [-0.05, 0) is 11.8 Å². The van der Waals surface area contributed by atoms with Gasteiger partial charge in [-0.1, -0.05) is 36.4 Å². The summed E-state index contributed by atoms with van der Waals surface area (Å²) in [7, 11) is 0. The molecular weight excluding hydrogens is 190 g/mol. The number of carboxylic acids is 1. The first-order chi connectivity index (χ1) is 7.29. The van der Waals surface area contributed by atoms with Crippen LogP contribution >= 0.6 is 0 Å². The summed E-state index contributed by atoms with van der Waals surface area (Å²) in [4.78, 5) is 11.0. The Hall–Kier alpha value is -2.03. The van der Waals surface area contributed by atoms with E-state index in [0.29, 0.717) is 17.7 Å². The smallest absolute Gasteiger partial charge is 0.334 e. The number of dihydropyridines is 1. The highest BCUT2D eigenvalue weighted by Crippen LogP contribution is 2.21. The largest absolute Gasteiger partial charge is 0.478 e. The monoisotopic (exact) mass is 201 g/mol. The van der Waals surface area contributed by atoms with E-state index in [1.165, 1.54) is 0 Å². The molecule has 1 heterocycles. The first-order valence-corrected chi connectivity index (χ1v) is 4.72. The van der Waals surface area contributed by atoms with E-state index in [2.05, 4.69) is 5.32 Å². The van der Waals surface area contributed by atoms with Crippen LogP contribution in [0.3, 0.4) is 0 Å². The average Bonchev–Trinajstić information content (AvgIpc) is 2.30. The van der Waals surface area contributed by atoms with E-state index in [-0.39, 0.29) is 0 Å². The lowest BCUT2D eigenvalue weighted by atomic mass is 10.0. The van der Waals surface area contributed by atoms with Crippen molar-refractivity contribution >= 4 is 11.7 Å². The predicted octanol–water partition coefficient (Wildman–Crippen LogP) is 1.99. The molecule has 2 N–H and O–H groups in total. The summed E-state index contributed by atoms with van der Waals surface area (Å²) in [5.74, 6) is -0.870. The third-order valence-corrected chi connectivity index (χ3v) is 2.29. The number of rotatable bonds is 2. The highest BCUT2D eigenvalue weighted by Gasteiger charge is 2.16. The minimum Gasteiger partial charge on any atom is -0.478 e. The highest BCUT2D eigenvalue weighted by atomic mass is 16.4. The molecule has 0 saturated heterocycles. The molecular formula is C12H11NO2. The third-order valence-electron chi connectivity index (χ3n) is 2.29. The maximum Gasteiger partial charge on any atom is 0.334 e. The topological polar surface area (TPSA) is 49.3 Å². The van der Waals surface area contributed by atoms with Crippen LogP contribution in [0.1, 0.15) is 12.0 Å². The van der Waals surface area contributed by atoms with Crippen molar-refractivity contribution < 1.29 is 9.90 Å². The van der Waals surface area contributed by atoms with Crippen LogP contribution in [0.4, 0.5) is 0 Å². The third kappa shape index (κ3) is 1.91. The Labute approximate surface area is 87.7 Å². The van der Waals surface area contributed by atoms with Gasteiger partial charge in [-0.15, -0.1) is 0 Å². The predicted molar refractivity (Wildman–Crippen MR) is 57.9 cm³/mol. The minimum atomic E-state index is -0.870. The molecule has 0 aromatic heterocycles. The van der Waals surface area contributed by atoms with Gasteiger partial charge in [0.05, 0.1) is 11.3 Å². The first kappa shape index (κ1) is 9.52. The summed E-state index contributed by atoms with van der Waals surface area (Å²) in [5, 5.41) is 12.0. The summed E-state index contributed by atoms with van der Waals surface area (Å²) in [6.45, 7) is 0. The van der Waals surface area contributed by atoms with Crippen molar-refractivity contribution in [3.63, 3.8) is 0 Å². The van der Waals surface area contributed by atoms with Gasteiger partial charge < -0.3 is 10.4 Å². The average molecular weight is 201 g/mol. The van der Waals surface area contributed by atoms with E-state index in [1.54, 1.807) is 12.3 Å². The van der Waals surface area contributed by atoms with Gasteiger partial charge in [0.15, 0.2) is 0 Å². The van der Waals surface area contributed by atoms with Crippen LogP contribution in [0.15, 0.2) is 48.2 Å². The molecule has 0 atom stereocenters. The van der Waals surface area contributed by atoms with Gasteiger partial charge in [0.25, 0.3) is 0 Å². The lowest BCUT2D eigenvalue weighted by molar-refractivity contribution is -0.132. The van der Waals surface area contributed by atoms with Crippen LogP contribution in [0.2, 0.25) is 0 Å². The summed E-state index contributed by atoms with van der Waals surface area (Å²) in [6.07, 6.45) is 4.04. The summed E-state index contributed by atoms with van der Waals surface area (Å²) in [5.41, 5.74) is 1.99. The number of benzene rings is 1. The molecule has 1 aromatic carbocycles. The molecule has 76 valence electrons. The maximum absolute atomic E-state index is 11.0. The Morgan fingerprint density at radius 3 is 2.67 bits per heavy atom. The number of carboxylic acid groups (broad SMARTS) is 1. The zero-order chi connectivity index (χ0) is 10.7. The maximum atomic E-state index is 11.0. The number of aliphatic carboxylic acids is 1. The molecule has 0 saturated carbocycles. The lowest BCUT2D eigenvalue weighted by Gasteiger charge is -2.15. The summed E-state index contributed by atoms with van der Waals surface area (Å²) >= 11 is 0. The molecule has 3 nitrogen and oxygen atoms in total. The molecule has 0 radical (unpaired) electrons. The molecule has 0 unspecified atom stereocenters. The van der Waals surface area contributed by atoms with E-state index in [1.807, 2.05) is 30.3 Å². The van der Waals surface area contributed by atoms with Crippen LogP contribution in [0, 0.1) is 0 Å². The van der Waals surface area contributed by atoms with Crippen molar-refractivity contribution in [2.75, 3.05) is 0 Å². The Bertz CT molecular complexity index is 432. The van der Waals surface area contributed by atoms with Gasteiger partial charge >= 0.3 is 5.97 Å². The van der Waals surface area contributed by atoms with E-state index >= 15 is 0 Å². The normalized spacial score (nSPS) is 14.9. The molecule has 0 amide bonds. The van der Waals surface area contributed by atoms with Crippen LogP contribution in [-0.4, -0.2) is 11.1 Å². The molecule has 15 heavy (non-hydrogen) atoms. The van der Waals surface area contributed by atoms with Crippen molar-refractivity contribution in [3.05, 3.63) is 53.7 Å². The Balaban J connectivity index is 2.45.